The maximum atomic E-state index is 12.5. The van der Waals surface area contributed by atoms with Crippen molar-refractivity contribution in [2.45, 2.75) is 30.7 Å². The molecule has 0 N–H and O–H groups in total. The molecule has 0 aromatic heterocycles. The van der Waals surface area contributed by atoms with Crippen molar-refractivity contribution in [3.05, 3.63) is 35.4 Å². The van der Waals surface area contributed by atoms with E-state index in [4.69, 9.17) is 0 Å². The van der Waals surface area contributed by atoms with Crippen LogP contribution in [0.25, 0.3) is 0 Å². The van der Waals surface area contributed by atoms with E-state index in [1.165, 1.54) is 0 Å². The lowest BCUT2D eigenvalue weighted by atomic mass is 9.91. The molecule has 23 heavy (non-hydrogen) atoms. The maximum Gasteiger partial charge on any atom is 0.406 e. The molecule has 0 unspecified atom stereocenters. The maximum absolute atomic E-state index is 12.5. The van der Waals surface area contributed by atoms with Crippen LogP contribution in [-0.2, 0) is 21.1 Å². The highest BCUT2D eigenvalue weighted by Crippen LogP contribution is 2.36. The van der Waals surface area contributed by atoms with Crippen molar-refractivity contribution in [1.82, 2.24) is 4.90 Å². The first kappa shape index (κ1) is 17.8. The predicted octanol–water partition coefficient (Wildman–Crippen LogP) is 2.50. The zero-order valence-electron chi connectivity index (χ0n) is 12.6. The van der Waals surface area contributed by atoms with Gasteiger partial charge in [-0.2, -0.15) is 13.2 Å². The third-order valence-electron chi connectivity index (χ3n) is 3.91. The Morgan fingerprint density at radius 2 is 1.96 bits per heavy atom. The van der Waals surface area contributed by atoms with E-state index in [0.29, 0.717) is 23.3 Å². The number of halogens is 3. The Morgan fingerprint density at radius 1 is 1.30 bits per heavy atom. The van der Waals surface area contributed by atoms with E-state index in [1.807, 2.05) is 12.1 Å². The molecule has 1 aliphatic rings. The Hall–Kier alpha value is -1.57. The molecular formula is C15H18F3NO3S. The molecule has 0 spiro atoms. The number of nitrogens with zero attached hydrogens (tertiary/aromatic N) is 1. The van der Waals surface area contributed by atoms with Crippen molar-refractivity contribution in [3.63, 3.8) is 0 Å². The molecule has 0 heterocycles. The minimum atomic E-state index is -4.55. The zero-order valence-corrected chi connectivity index (χ0v) is 13.5. The lowest BCUT2D eigenvalue weighted by molar-refractivity contribution is -0.156. The molecule has 1 aromatic rings. The average Bonchev–Trinajstić information content (AvgIpc) is 2.44. The number of benzene rings is 1. The molecular weight excluding hydrogens is 331 g/mol. The van der Waals surface area contributed by atoms with Gasteiger partial charge in [-0.1, -0.05) is 24.3 Å². The molecule has 1 amide bonds. The van der Waals surface area contributed by atoms with Crippen LogP contribution >= 0.6 is 0 Å². The van der Waals surface area contributed by atoms with Crippen LogP contribution in [0.5, 0.6) is 0 Å². The van der Waals surface area contributed by atoms with Crippen LogP contribution in [-0.4, -0.2) is 44.7 Å². The van der Waals surface area contributed by atoms with E-state index in [-0.39, 0.29) is 0 Å². The molecule has 0 saturated carbocycles. The topological polar surface area (TPSA) is 54.5 Å². The molecule has 0 fully saturated rings. The smallest absolute Gasteiger partial charge is 0.336 e. The highest BCUT2D eigenvalue weighted by molar-refractivity contribution is 7.92. The van der Waals surface area contributed by atoms with E-state index in [2.05, 4.69) is 0 Å². The van der Waals surface area contributed by atoms with Gasteiger partial charge < -0.3 is 4.90 Å². The fourth-order valence-corrected chi connectivity index (χ4v) is 4.73. The number of amides is 1. The van der Waals surface area contributed by atoms with Gasteiger partial charge in [-0.3, -0.25) is 4.79 Å². The Morgan fingerprint density at radius 3 is 2.61 bits per heavy atom. The number of sulfone groups is 1. The quantitative estimate of drug-likeness (QED) is 0.839. The number of rotatable bonds is 4. The summed E-state index contributed by atoms with van der Waals surface area (Å²) in [6.07, 6.45) is -2.72. The summed E-state index contributed by atoms with van der Waals surface area (Å²) in [7, 11) is -2.90. The summed E-state index contributed by atoms with van der Waals surface area (Å²) in [6, 6.07) is 7.09. The molecule has 4 nitrogen and oxygen atoms in total. The second-order valence-corrected chi connectivity index (χ2v) is 7.94. The van der Waals surface area contributed by atoms with Gasteiger partial charge in [0.15, 0.2) is 9.84 Å². The Bertz CT molecular complexity index is 685. The van der Waals surface area contributed by atoms with Gasteiger partial charge in [0.05, 0.1) is 5.25 Å². The first-order chi connectivity index (χ1) is 10.6. The number of hydrogen-bond donors (Lipinski definition) is 0. The van der Waals surface area contributed by atoms with E-state index < -0.39 is 39.5 Å². The van der Waals surface area contributed by atoms with Crippen LogP contribution in [0.1, 0.15) is 29.2 Å². The van der Waals surface area contributed by atoms with Gasteiger partial charge in [0.1, 0.15) is 12.3 Å². The number of fused-ring (bicyclic) bond motifs is 1. The van der Waals surface area contributed by atoms with Crippen molar-refractivity contribution < 1.29 is 26.4 Å². The second kappa shape index (κ2) is 6.51. The van der Waals surface area contributed by atoms with Gasteiger partial charge in [-0.25, -0.2) is 8.42 Å². The fraction of sp³-hybridized carbons (Fsp3) is 0.533. The highest BCUT2D eigenvalue weighted by Gasteiger charge is 2.36. The van der Waals surface area contributed by atoms with Crippen LogP contribution in [0, 0.1) is 0 Å². The van der Waals surface area contributed by atoms with Gasteiger partial charge in [-0.15, -0.1) is 0 Å². The van der Waals surface area contributed by atoms with Crippen LogP contribution in [0.3, 0.4) is 0 Å². The molecule has 2 rings (SSSR count). The minimum absolute atomic E-state index is 0.385. The first-order valence-corrected chi connectivity index (χ1v) is 8.92. The van der Waals surface area contributed by atoms with Gasteiger partial charge in [-0.05, 0) is 30.4 Å². The SMILES string of the molecule is CN(CC(F)(F)F)C(=O)CS(=O)(=O)[C@H]1CCCc2ccccc21. The van der Waals surface area contributed by atoms with Crippen molar-refractivity contribution in [2.75, 3.05) is 19.3 Å². The summed E-state index contributed by atoms with van der Waals surface area (Å²) >= 11 is 0. The minimum Gasteiger partial charge on any atom is -0.336 e. The molecule has 1 aliphatic carbocycles. The monoisotopic (exact) mass is 349 g/mol. The number of carbonyl (C=O) groups excluding carboxylic acids is 1. The predicted molar refractivity (Wildman–Crippen MR) is 79.6 cm³/mol. The molecule has 0 saturated heterocycles. The lowest BCUT2D eigenvalue weighted by Gasteiger charge is -2.26. The third kappa shape index (κ3) is 4.46. The molecule has 0 radical (unpaired) electrons. The molecule has 1 aromatic carbocycles. The van der Waals surface area contributed by atoms with Crippen molar-refractivity contribution >= 4 is 15.7 Å². The number of alkyl halides is 3. The summed E-state index contributed by atoms with van der Waals surface area (Å²) in [5, 5.41) is -0.823. The van der Waals surface area contributed by atoms with E-state index >= 15 is 0 Å². The van der Waals surface area contributed by atoms with Gasteiger partial charge in [0, 0.05) is 7.05 Å². The van der Waals surface area contributed by atoms with Crippen LogP contribution in [0.4, 0.5) is 13.2 Å². The van der Waals surface area contributed by atoms with Crippen molar-refractivity contribution in [2.24, 2.45) is 0 Å². The van der Waals surface area contributed by atoms with Crippen LogP contribution in [0.15, 0.2) is 24.3 Å². The van der Waals surface area contributed by atoms with E-state index in [0.717, 1.165) is 19.0 Å². The Labute approximate surface area is 133 Å². The molecule has 128 valence electrons. The standard InChI is InChI=1S/C15H18F3NO3S/c1-19(10-15(16,17)18)14(20)9-23(21,22)13-8-4-6-11-5-2-3-7-12(11)13/h2-3,5,7,13H,4,6,8-10H2,1H3/t13-/m0/s1. The average molecular weight is 349 g/mol. The van der Waals surface area contributed by atoms with Gasteiger partial charge in [0.2, 0.25) is 5.91 Å². The van der Waals surface area contributed by atoms with Gasteiger partial charge >= 0.3 is 6.18 Å². The summed E-state index contributed by atoms with van der Waals surface area (Å²) < 4.78 is 61.9. The van der Waals surface area contributed by atoms with E-state index in [1.54, 1.807) is 12.1 Å². The van der Waals surface area contributed by atoms with Crippen molar-refractivity contribution in [3.8, 4) is 0 Å². The summed E-state index contributed by atoms with van der Waals surface area (Å²) in [6.45, 7) is -1.46. The number of aryl methyl sites for hydroxylation is 1. The van der Waals surface area contributed by atoms with E-state index in [9.17, 15) is 26.4 Å². The summed E-state index contributed by atoms with van der Waals surface area (Å²) in [4.78, 5) is 12.2. The zero-order chi connectivity index (χ0) is 17.3. The van der Waals surface area contributed by atoms with Crippen LogP contribution < -0.4 is 0 Å². The Kier molecular flexibility index (Phi) is 5.03. The number of hydrogen-bond acceptors (Lipinski definition) is 3. The summed E-state index contributed by atoms with van der Waals surface area (Å²) in [5.41, 5.74) is 1.58. The lowest BCUT2D eigenvalue weighted by Crippen LogP contribution is -2.40. The normalized spacial score (nSPS) is 18.3. The fourth-order valence-electron chi connectivity index (χ4n) is 2.82. The number of carbonyl (C=O) groups is 1. The molecule has 8 heteroatoms. The third-order valence-corrected chi connectivity index (χ3v) is 5.92. The largest absolute Gasteiger partial charge is 0.406 e. The summed E-state index contributed by atoms with van der Waals surface area (Å²) in [5.74, 6) is -1.94. The van der Waals surface area contributed by atoms with Crippen molar-refractivity contribution in [1.29, 1.82) is 0 Å². The highest BCUT2D eigenvalue weighted by atomic mass is 32.2. The molecule has 0 aliphatic heterocycles. The van der Waals surface area contributed by atoms with Crippen LogP contribution in [0.2, 0.25) is 0 Å². The van der Waals surface area contributed by atoms with Gasteiger partial charge in [0.25, 0.3) is 0 Å². The second-order valence-electron chi connectivity index (χ2n) is 5.75. The first-order valence-electron chi connectivity index (χ1n) is 7.20. The molecule has 1 atom stereocenters. The Balaban J connectivity index is 2.16. The molecule has 0 bridgehead atoms.